The fraction of sp³-hybridized carbons (Fsp3) is 0.625. The van der Waals surface area contributed by atoms with Crippen LogP contribution in [0.2, 0.25) is 0 Å². The van der Waals surface area contributed by atoms with Crippen molar-refractivity contribution in [3.8, 4) is 0 Å². The molecule has 5 heteroatoms. The largest absolute Gasteiger partial charge is 0.383 e. The van der Waals surface area contributed by atoms with E-state index in [4.69, 9.17) is 0 Å². The van der Waals surface area contributed by atoms with Crippen LogP contribution in [-0.4, -0.2) is 61.0 Å². The van der Waals surface area contributed by atoms with E-state index in [1.165, 1.54) is 12.8 Å². The number of likely N-dealkylation sites (N-methyl/N-ethyl adjacent to an activating group) is 1. The van der Waals surface area contributed by atoms with Gasteiger partial charge in [0.1, 0.15) is 5.69 Å². The molecule has 1 N–H and O–H groups in total. The number of rotatable bonds is 5. The van der Waals surface area contributed by atoms with Crippen LogP contribution in [0.15, 0.2) is 18.3 Å². The van der Waals surface area contributed by atoms with Crippen molar-refractivity contribution in [1.29, 1.82) is 0 Å². The van der Waals surface area contributed by atoms with Gasteiger partial charge in [0.25, 0.3) is 5.91 Å². The van der Waals surface area contributed by atoms with Crippen LogP contribution in [0.3, 0.4) is 0 Å². The monoisotopic (exact) mass is 290 g/mol. The number of aromatic nitrogens is 1. The molecule has 0 spiro atoms. The summed E-state index contributed by atoms with van der Waals surface area (Å²) in [5.41, 5.74) is 1.51. The van der Waals surface area contributed by atoms with Crippen molar-refractivity contribution in [2.75, 3.05) is 45.6 Å². The molecule has 0 radical (unpaired) electrons. The molecule has 1 aromatic rings. The van der Waals surface area contributed by atoms with Crippen molar-refractivity contribution in [2.24, 2.45) is 0 Å². The van der Waals surface area contributed by atoms with Crippen LogP contribution < -0.4 is 5.32 Å². The Morgan fingerprint density at radius 1 is 1.24 bits per heavy atom. The topological polar surface area (TPSA) is 48.5 Å². The number of pyridine rings is 1. The van der Waals surface area contributed by atoms with Gasteiger partial charge in [-0.05, 0) is 39.1 Å². The molecule has 0 aliphatic carbocycles. The fourth-order valence-corrected chi connectivity index (χ4v) is 2.48. The Kier molecular flexibility index (Phi) is 5.99. The summed E-state index contributed by atoms with van der Waals surface area (Å²) in [6.07, 6.45) is 6.42. The van der Waals surface area contributed by atoms with E-state index in [9.17, 15) is 4.79 Å². The molecule has 0 saturated carbocycles. The molecule has 116 valence electrons. The van der Waals surface area contributed by atoms with E-state index in [2.05, 4.69) is 15.2 Å². The Labute approximate surface area is 127 Å². The number of amides is 1. The fourth-order valence-electron chi connectivity index (χ4n) is 2.48. The standard InChI is InChI=1S/C16H26N4O/c1-19(2)12-9-17-14-7-8-15(18-13-14)16(21)20-10-5-3-4-6-11-20/h7-8,13,17H,3-6,9-12H2,1-2H3. The van der Waals surface area contributed by atoms with E-state index in [0.29, 0.717) is 5.69 Å². The summed E-state index contributed by atoms with van der Waals surface area (Å²) in [6, 6.07) is 3.76. The number of nitrogens with zero attached hydrogens (tertiary/aromatic N) is 3. The highest BCUT2D eigenvalue weighted by atomic mass is 16.2. The van der Waals surface area contributed by atoms with Crippen LogP contribution in [0, 0.1) is 0 Å². The maximum absolute atomic E-state index is 12.4. The zero-order valence-electron chi connectivity index (χ0n) is 13.1. The van der Waals surface area contributed by atoms with Gasteiger partial charge in [0.15, 0.2) is 0 Å². The molecule has 0 atom stereocenters. The van der Waals surface area contributed by atoms with Gasteiger partial charge in [0.2, 0.25) is 0 Å². The second-order valence-electron chi connectivity index (χ2n) is 5.87. The first-order valence-electron chi connectivity index (χ1n) is 7.81. The van der Waals surface area contributed by atoms with Crippen LogP contribution in [0.4, 0.5) is 5.69 Å². The smallest absolute Gasteiger partial charge is 0.272 e. The van der Waals surface area contributed by atoms with Crippen LogP contribution in [0.5, 0.6) is 0 Å². The minimum Gasteiger partial charge on any atom is -0.383 e. The number of likely N-dealkylation sites (tertiary alicyclic amines) is 1. The molecule has 1 aliphatic heterocycles. The molecular formula is C16H26N4O. The number of carbonyl (C=O) groups is 1. The zero-order valence-corrected chi connectivity index (χ0v) is 13.1. The molecular weight excluding hydrogens is 264 g/mol. The highest BCUT2D eigenvalue weighted by Gasteiger charge is 2.18. The van der Waals surface area contributed by atoms with Gasteiger partial charge in [-0.3, -0.25) is 4.79 Å². The summed E-state index contributed by atoms with van der Waals surface area (Å²) in [5.74, 6) is 0.0664. The van der Waals surface area contributed by atoms with E-state index in [-0.39, 0.29) is 5.91 Å². The molecule has 0 bridgehead atoms. The molecule has 1 fully saturated rings. The van der Waals surface area contributed by atoms with Crippen molar-refractivity contribution in [3.05, 3.63) is 24.0 Å². The molecule has 1 aliphatic rings. The molecule has 2 rings (SSSR count). The number of carbonyl (C=O) groups excluding carboxylic acids is 1. The van der Waals surface area contributed by atoms with Crippen LogP contribution >= 0.6 is 0 Å². The van der Waals surface area contributed by atoms with E-state index < -0.39 is 0 Å². The summed E-state index contributed by atoms with van der Waals surface area (Å²) in [4.78, 5) is 20.8. The van der Waals surface area contributed by atoms with E-state index in [1.54, 1.807) is 6.20 Å². The predicted molar refractivity (Wildman–Crippen MR) is 85.7 cm³/mol. The maximum atomic E-state index is 12.4. The van der Waals surface area contributed by atoms with Crippen molar-refractivity contribution in [1.82, 2.24) is 14.8 Å². The maximum Gasteiger partial charge on any atom is 0.272 e. The highest BCUT2D eigenvalue weighted by Crippen LogP contribution is 2.13. The predicted octanol–water partition coefficient (Wildman–Crippen LogP) is 2.07. The normalized spacial score (nSPS) is 15.9. The molecule has 0 unspecified atom stereocenters. The first kappa shape index (κ1) is 15.8. The van der Waals surface area contributed by atoms with Crippen LogP contribution in [0.25, 0.3) is 0 Å². The van der Waals surface area contributed by atoms with Gasteiger partial charge in [-0.1, -0.05) is 12.8 Å². The lowest BCUT2D eigenvalue weighted by molar-refractivity contribution is 0.0756. The first-order chi connectivity index (χ1) is 10.2. The first-order valence-corrected chi connectivity index (χ1v) is 7.81. The molecule has 21 heavy (non-hydrogen) atoms. The quantitative estimate of drug-likeness (QED) is 0.902. The highest BCUT2D eigenvalue weighted by molar-refractivity contribution is 5.92. The molecule has 5 nitrogen and oxygen atoms in total. The number of hydrogen-bond acceptors (Lipinski definition) is 4. The Hall–Kier alpha value is -1.62. The van der Waals surface area contributed by atoms with Crippen molar-refractivity contribution < 1.29 is 4.79 Å². The van der Waals surface area contributed by atoms with Gasteiger partial charge in [0.05, 0.1) is 11.9 Å². The van der Waals surface area contributed by atoms with Crippen molar-refractivity contribution in [2.45, 2.75) is 25.7 Å². The molecule has 2 heterocycles. The summed E-state index contributed by atoms with van der Waals surface area (Å²) >= 11 is 0. The van der Waals surface area contributed by atoms with Crippen LogP contribution in [-0.2, 0) is 0 Å². The third-order valence-electron chi connectivity index (χ3n) is 3.76. The number of nitrogens with one attached hydrogen (secondary N) is 1. The van der Waals surface area contributed by atoms with Gasteiger partial charge >= 0.3 is 0 Å². The lowest BCUT2D eigenvalue weighted by Gasteiger charge is -2.19. The van der Waals surface area contributed by atoms with Crippen molar-refractivity contribution >= 4 is 11.6 Å². The second kappa shape index (κ2) is 7.98. The van der Waals surface area contributed by atoms with Gasteiger partial charge in [-0.25, -0.2) is 4.98 Å². The van der Waals surface area contributed by atoms with Gasteiger partial charge in [-0.15, -0.1) is 0 Å². The molecule has 1 amide bonds. The zero-order chi connectivity index (χ0) is 15.1. The van der Waals surface area contributed by atoms with Gasteiger partial charge in [-0.2, -0.15) is 0 Å². The number of anilines is 1. The van der Waals surface area contributed by atoms with Gasteiger partial charge in [0, 0.05) is 26.2 Å². The Morgan fingerprint density at radius 3 is 2.52 bits per heavy atom. The summed E-state index contributed by atoms with van der Waals surface area (Å²) in [6.45, 7) is 3.56. The van der Waals surface area contributed by atoms with Crippen molar-refractivity contribution in [3.63, 3.8) is 0 Å². The van der Waals surface area contributed by atoms with Gasteiger partial charge < -0.3 is 15.1 Å². The Bertz CT molecular complexity index is 436. The molecule has 0 aromatic carbocycles. The third kappa shape index (κ3) is 5.01. The summed E-state index contributed by atoms with van der Waals surface area (Å²) < 4.78 is 0. The summed E-state index contributed by atoms with van der Waals surface area (Å²) in [7, 11) is 4.09. The summed E-state index contributed by atoms with van der Waals surface area (Å²) in [5, 5.41) is 3.30. The average molecular weight is 290 g/mol. The van der Waals surface area contributed by atoms with E-state index in [1.807, 2.05) is 31.1 Å². The third-order valence-corrected chi connectivity index (χ3v) is 3.76. The van der Waals surface area contributed by atoms with E-state index in [0.717, 1.165) is 44.7 Å². The second-order valence-corrected chi connectivity index (χ2v) is 5.87. The van der Waals surface area contributed by atoms with E-state index >= 15 is 0 Å². The lowest BCUT2D eigenvalue weighted by Crippen LogP contribution is -2.32. The number of hydrogen-bond donors (Lipinski definition) is 1. The Balaban J connectivity index is 1.89. The molecule has 1 aromatic heterocycles. The Morgan fingerprint density at radius 2 is 1.95 bits per heavy atom. The van der Waals surface area contributed by atoms with Crippen LogP contribution in [0.1, 0.15) is 36.2 Å². The lowest BCUT2D eigenvalue weighted by atomic mass is 10.2. The minimum absolute atomic E-state index is 0.0664. The molecule has 1 saturated heterocycles. The minimum atomic E-state index is 0.0664. The average Bonchev–Trinajstić information content (AvgIpc) is 2.76. The SMILES string of the molecule is CN(C)CCNc1ccc(C(=O)N2CCCCCC2)nc1.